The Hall–Kier alpha value is -1.62. The maximum Gasteiger partial charge on any atom is 0.239 e. The van der Waals surface area contributed by atoms with Crippen molar-refractivity contribution in [2.24, 2.45) is 0 Å². The Morgan fingerprint density at radius 2 is 0.942 bits per heavy atom. The van der Waals surface area contributed by atoms with Crippen molar-refractivity contribution in [3.8, 4) is 0 Å². The van der Waals surface area contributed by atoms with Crippen LogP contribution in [0.2, 0.25) is 0 Å². The predicted molar refractivity (Wildman–Crippen MR) is 228 cm³/mol. The number of carbonyl (C=O) groups excluding carboxylic acids is 2. The van der Waals surface area contributed by atoms with E-state index in [1.165, 1.54) is 161 Å². The van der Waals surface area contributed by atoms with Crippen LogP contribution < -0.4 is 10.6 Å². The molecular weight excluding hydrogens is 639 g/mol. The van der Waals surface area contributed by atoms with Gasteiger partial charge in [0.05, 0.1) is 6.04 Å². The quantitative estimate of drug-likeness (QED) is 0.0492. The summed E-state index contributed by atoms with van der Waals surface area (Å²) in [6, 6.07) is -0.0941. The number of unbranched alkanes of at least 4 members (excludes halogenated alkanes) is 26. The highest BCUT2D eigenvalue weighted by molar-refractivity contribution is 5.83. The second-order valence-electron chi connectivity index (χ2n) is 16.1. The van der Waals surface area contributed by atoms with E-state index in [9.17, 15) is 9.59 Å². The predicted octanol–water partition coefficient (Wildman–Crippen LogP) is 13.3. The fourth-order valence-corrected chi connectivity index (χ4v) is 7.56. The highest BCUT2D eigenvalue weighted by Gasteiger charge is 2.32. The van der Waals surface area contributed by atoms with Crippen LogP contribution in [-0.4, -0.2) is 48.4 Å². The molecule has 1 aliphatic heterocycles. The van der Waals surface area contributed by atoms with E-state index in [0.717, 1.165) is 58.0 Å². The Kier molecular flexibility index (Phi) is 35.1. The van der Waals surface area contributed by atoms with Gasteiger partial charge in [0, 0.05) is 32.1 Å². The van der Waals surface area contributed by atoms with Gasteiger partial charge in [0.15, 0.2) is 0 Å². The van der Waals surface area contributed by atoms with Gasteiger partial charge in [-0.2, -0.15) is 0 Å². The van der Waals surface area contributed by atoms with Gasteiger partial charge in [0.25, 0.3) is 0 Å². The topological polar surface area (TPSA) is 61.4 Å². The largest absolute Gasteiger partial charge is 0.352 e. The summed E-state index contributed by atoms with van der Waals surface area (Å²) in [6.07, 6.45) is 50.1. The molecule has 0 aromatic carbocycles. The Balaban J connectivity index is 2.29. The summed E-state index contributed by atoms with van der Waals surface area (Å²) in [7, 11) is 0. The first-order valence-electron chi connectivity index (χ1n) is 23.2. The molecular formula is C47H89N3O2. The summed E-state index contributed by atoms with van der Waals surface area (Å²) in [5.74, 6) is 0.412. The maximum atomic E-state index is 13.7. The van der Waals surface area contributed by atoms with Crippen molar-refractivity contribution < 1.29 is 9.59 Å². The van der Waals surface area contributed by atoms with Gasteiger partial charge in [0.1, 0.15) is 0 Å². The van der Waals surface area contributed by atoms with Gasteiger partial charge in [-0.3, -0.25) is 9.59 Å². The highest BCUT2D eigenvalue weighted by atomic mass is 16.2. The minimum Gasteiger partial charge on any atom is -0.352 e. The zero-order valence-corrected chi connectivity index (χ0v) is 35.2. The molecule has 1 rings (SSSR count). The lowest BCUT2D eigenvalue weighted by Gasteiger charge is -2.26. The lowest BCUT2D eigenvalue weighted by Crippen LogP contribution is -2.44. The molecule has 0 unspecified atom stereocenters. The number of allylic oxidation sites excluding steroid dienone is 4. The van der Waals surface area contributed by atoms with E-state index in [0.29, 0.717) is 13.0 Å². The van der Waals surface area contributed by atoms with E-state index >= 15 is 0 Å². The van der Waals surface area contributed by atoms with Gasteiger partial charge in [-0.05, 0) is 57.8 Å². The number of amides is 2. The molecule has 0 bridgehead atoms. The molecule has 0 spiro atoms. The van der Waals surface area contributed by atoms with Crippen LogP contribution >= 0.6 is 0 Å². The maximum absolute atomic E-state index is 13.7. The van der Waals surface area contributed by atoms with Crippen LogP contribution in [0.15, 0.2) is 24.3 Å². The number of nitrogens with one attached hydrogen (secondary N) is 2. The zero-order chi connectivity index (χ0) is 37.6. The van der Waals surface area contributed by atoms with E-state index in [1.807, 2.05) is 0 Å². The molecule has 304 valence electrons. The first kappa shape index (κ1) is 48.4. The third-order valence-corrected chi connectivity index (χ3v) is 11.0. The van der Waals surface area contributed by atoms with Crippen LogP contribution in [-0.2, 0) is 9.59 Å². The standard InChI is InChI=1S/C47H89N3O2/c1-4-7-10-13-16-19-22-23-24-25-26-27-30-33-36-39-46(51)49-44-42-45(48-43-44)47(52)50(40-37-34-31-28-20-17-14-11-8-5-2)41-38-35-32-29-21-18-15-12-9-6-3/h16,19,23-24,44-45,48H,4-15,17-18,20-22,25-43H2,1-3H3,(H,49,51)/b19-16+,24-23+/t44-,45-/m0/s1. The van der Waals surface area contributed by atoms with Crippen molar-refractivity contribution in [1.82, 2.24) is 15.5 Å². The molecule has 1 aliphatic rings. The Morgan fingerprint density at radius 3 is 1.44 bits per heavy atom. The summed E-state index contributed by atoms with van der Waals surface area (Å²) < 4.78 is 0. The molecule has 0 aromatic heterocycles. The van der Waals surface area contributed by atoms with Gasteiger partial charge in [-0.25, -0.2) is 0 Å². The number of carbonyl (C=O) groups is 2. The molecule has 5 heteroatoms. The fraction of sp³-hybridized carbons (Fsp3) is 0.872. The van der Waals surface area contributed by atoms with Crippen LogP contribution in [0.1, 0.15) is 233 Å². The molecule has 2 atom stereocenters. The van der Waals surface area contributed by atoms with Gasteiger partial charge in [-0.15, -0.1) is 0 Å². The highest BCUT2D eigenvalue weighted by Crippen LogP contribution is 2.16. The summed E-state index contributed by atoms with van der Waals surface area (Å²) in [5, 5.41) is 6.72. The third kappa shape index (κ3) is 29.8. The number of rotatable bonds is 38. The van der Waals surface area contributed by atoms with Gasteiger partial charge < -0.3 is 15.5 Å². The van der Waals surface area contributed by atoms with E-state index in [2.05, 4.69) is 60.6 Å². The second kappa shape index (κ2) is 37.7. The average molecular weight is 728 g/mol. The summed E-state index contributed by atoms with van der Waals surface area (Å²) in [6.45, 7) is 9.29. The number of hydrogen-bond acceptors (Lipinski definition) is 3. The minimum absolute atomic E-state index is 0.0657. The monoisotopic (exact) mass is 728 g/mol. The van der Waals surface area contributed by atoms with Crippen LogP contribution in [0.5, 0.6) is 0 Å². The Morgan fingerprint density at radius 1 is 0.538 bits per heavy atom. The molecule has 0 saturated carbocycles. The molecule has 1 fully saturated rings. The van der Waals surface area contributed by atoms with Gasteiger partial charge in [-0.1, -0.05) is 193 Å². The Bertz CT molecular complexity index is 832. The molecule has 0 aromatic rings. The lowest BCUT2D eigenvalue weighted by atomic mass is 10.1. The summed E-state index contributed by atoms with van der Waals surface area (Å²) in [4.78, 5) is 28.6. The fourth-order valence-electron chi connectivity index (χ4n) is 7.56. The van der Waals surface area contributed by atoms with Crippen LogP contribution in [0.25, 0.3) is 0 Å². The molecule has 1 saturated heterocycles. The van der Waals surface area contributed by atoms with Crippen molar-refractivity contribution >= 4 is 11.8 Å². The first-order chi connectivity index (χ1) is 25.6. The number of hydrogen-bond donors (Lipinski definition) is 2. The van der Waals surface area contributed by atoms with Crippen LogP contribution in [0.4, 0.5) is 0 Å². The van der Waals surface area contributed by atoms with E-state index in [4.69, 9.17) is 0 Å². The number of nitrogens with zero attached hydrogens (tertiary/aromatic N) is 1. The van der Waals surface area contributed by atoms with Crippen molar-refractivity contribution in [3.05, 3.63) is 24.3 Å². The molecule has 2 N–H and O–H groups in total. The molecule has 5 nitrogen and oxygen atoms in total. The zero-order valence-electron chi connectivity index (χ0n) is 35.2. The van der Waals surface area contributed by atoms with Crippen molar-refractivity contribution in [1.29, 1.82) is 0 Å². The van der Waals surface area contributed by atoms with Crippen LogP contribution in [0.3, 0.4) is 0 Å². The molecule has 1 heterocycles. The normalized spacial score (nSPS) is 16.1. The molecule has 52 heavy (non-hydrogen) atoms. The van der Waals surface area contributed by atoms with Crippen LogP contribution in [0, 0.1) is 0 Å². The lowest BCUT2D eigenvalue weighted by molar-refractivity contribution is -0.133. The third-order valence-electron chi connectivity index (χ3n) is 11.0. The molecule has 0 radical (unpaired) electrons. The van der Waals surface area contributed by atoms with E-state index < -0.39 is 0 Å². The van der Waals surface area contributed by atoms with E-state index in [1.54, 1.807) is 0 Å². The van der Waals surface area contributed by atoms with Crippen molar-refractivity contribution in [2.45, 2.75) is 245 Å². The molecule has 0 aliphatic carbocycles. The summed E-state index contributed by atoms with van der Waals surface area (Å²) in [5.41, 5.74) is 0. The molecule has 2 amide bonds. The van der Waals surface area contributed by atoms with Gasteiger partial charge >= 0.3 is 0 Å². The van der Waals surface area contributed by atoms with E-state index in [-0.39, 0.29) is 23.9 Å². The van der Waals surface area contributed by atoms with Crippen molar-refractivity contribution in [3.63, 3.8) is 0 Å². The summed E-state index contributed by atoms with van der Waals surface area (Å²) >= 11 is 0. The van der Waals surface area contributed by atoms with Crippen molar-refractivity contribution in [2.75, 3.05) is 19.6 Å². The SMILES string of the molecule is CCCCC/C=C/C/C=C/CCCCCCCC(=O)N[C@@H]1CN[C@H](C(=O)N(CCCCCCCCCCCC)CCCCCCCCCCCC)C1. The smallest absolute Gasteiger partial charge is 0.239 e. The second-order valence-corrected chi connectivity index (χ2v) is 16.1. The Labute approximate surface area is 324 Å². The average Bonchev–Trinajstić information content (AvgIpc) is 3.61. The van der Waals surface area contributed by atoms with Gasteiger partial charge in [0.2, 0.25) is 11.8 Å². The first-order valence-corrected chi connectivity index (χ1v) is 23.2. The minimum atomic E-state index is -0.160.